The molecule has 0 aliphatic heterocycles. The summed E-state index contributed by atoms with van der Waals surface area (Å²) in [6.07, 6.45) is -3.66. The first-order chi connectivity index (χ1) is 12.8. The van der Waals surface area contributed by atoms with Gasteiger partial charge in [0, 0.05) is 11.8 Å². The van der Waals surface area contributed by atoms with Crippen molar-refractivity contribution in [2.24, 2.45) is 0 Å². The quantitative estimate of drug-likeness (QED) is 0.715. The number of benzene rings is 1. The third kappa shape index (κ3) is 3.84. The first kappa shape index (κ1) is 17.9. The van der Waals surface area contributed by atoms with E-state index in [2.05, 4.69) is 19.9 Å². The van der Waals surface area contributed by atoms with E-state index in [0.29, 0.717) is 5.56 Å². The summed E-state index contributed by atoms with van der Waals surface area (Å²) in [6, 6.07) is 8.16. The minimum Gasteiger partial charge on any atom is -0.424 e. The van der Waals surface area contributed by atoms with Crippen molar-refractivity contribution in [3.05, 3.63) is 47.8 Å². The van der Waals surface area contributed by atoms with E-state index < -0.39 is 17.9 Å². The van der Waals surface area contributed by atoms with Crippen LogP contribution in [0.25, 0.3) is 11.3 Å². The molecule has 0 unspecified atom stereocenters. The zero-order valence-electron chi connectivity index (χ0n) is 13.4. The molecule has 3 rings (SSSR count). The van der Waals surface area contributed by atoms with Crippen LogP contribution in [-0.4, -0.2) is 19.9 Å². The first-order valence-electron chi connectivity index (χ1n) is 7.29. The van der Waals surface area contributed by atoms with Crippen molar-refractivity contribution in [2.45, 2.75) is 6.18 Å². The molecule has 27 heavy (non-hydrogen) atoms. The van der Waals surface area contributed by atoms with E-state index in [1.807, 2.05) is 6.07 Å². The lowest BCUT2D eigenvalue weighted by Crippen LogP contribution is -2.08. The van der Waals surface area contributed by atoms with Crippen LogP contribution in [-0.2, 0) is 6.18 Å². The van der Waals surface area contributed by atoms with Gasteiger partial charge in [-0.05, 0) is 30.3 Å². The zero-order valence-corrected chi connectivity index (χ0v) is 13.4. The normalized spacial score (nSPS) is 11.0. The summed E-state index contributed by atoms with van der Waals surface area (Å²) in [7, 11) is 0. The highest BCUT2D eigenvalue weighted by Crippen LogP contribution is 2.30. The summed E-state index contributed by atoms with van der Waals surface area (Å²) in [5, 5.41) is 9.21. The maximum atomic E-state index is 12.7. The third-order valence-corrected chi connectivity index (χ3v) is 3.33. The number of hydrogen-bond acceptors (Lipinski definition) is 8. The molecule has 4 N–H and O–H groups in total. The summed E-state index contributed by atoms with van der Waals surface area (Å²) in [4.78, 5) is 14.7. The molecule has 0 saturated heterocycles. The van der Waals surface area contributed by atoms with E-state index in [4.69, 9.17) is 16.2 Å². The van der Waals surface area contributed by atoms with Crippen molar-refractivity contribution in [3.63, 3.8) is 0 Å². The molecule has 0 bridgehead atoms. The minimum absolute atomic E-state index is 0.0547. The molecule has 0 aliphatic carbocycles. The molecular weight excluding hydrogens is 363 g/mol. The van der Waals surface area contributed by atoms with E-state index in [1.54, 1.807) is 0 Å². The van der Waals surface area contributed by atoms with Crippen LogP contribution in [0.3, 0.4) is 0 Å². The predicted molar refractivity (Wildman–Crippen MR) is 88.1 cm³/mol. The van der Waals surface area contributed by atoms with Crippen molar-refractivity contribution < 1.29 is 17.9 Å². The molecule has 0 aliphatic rings. The molecule has 2 aromatic heterocycles. The number of nitriles is 1. The molecule has 11 heteroatoms. The van der Waals surface area contributed by atoms with Gasteiger partial charge in [-0.15, -0.1) is 0 Å². The van der Waals surface area contributed by atoms with E-state index in [9.17, 15) is 18.4 Å². The lowest BCUT2D eigenvalue weighted by molar-refractivity contribution is -0.141. The molecule has 2 heterocycles. The van der Waals surface area contributed by atoms with E-state index in [1.165, 1.54) is 24.3 Å². The summed E-state index contributed by atoms with van der Waals surface area (Å²) in [5.41, 5.74) is 10.9. The summed E-state index contributed by atoms with van der Waals surface area (Å²) >= 11 is 0. The highest BCUT2D eigenvalue weighted by atomic mass is 19.4. The molecular formula is C16H10F3N7O. The topological polar surface area (TPSA) is 137 Å². The number of anilines is 2. The van der Waals surface area contributed by atoms with Crippen LogP contribution in [0.4, 0.5) is 24.9 Å². The molecule has 0 fully saturated rings. The average Bonchev–Trinajstić information content (AvgIpc) is 2.61. The monoisotopic (exact) mass is 373 g/mol. The fourth-order valence-corrected chi connectivity index (χ4v) is 2.15. The van der Waals surface area contributed by atoms with Crippen molar-refractivity contribution in [2.75, 3.05) is 11.5 Å². The molecule has 8 nitrogen and oxygen atoms in total. The molecule has 0 atom stereocenters. The molecule has 136 valence electrons. The number of hydrogen-bond donors (Lipinski definition) is 2. The number of ether oxygens (including phenoxy) is 1. The Bertz CT molecular complexity index is 1030. The van der Waals surface area contributed by atoms with Crippen LogP contribution in [0.2, 0.25) is 0 Å². The lowest BCUT2D eigenvalue weighted by Gasteiger charge is -2.09. The van der Waals surface area contributed by atoms with Gasteiger partial charge in [-0.25, -0.2) is 9.97 Å². The number of nitrogens with two attached hydrogens (primary N) is 2. The second-order valence-electron chi connectivity index (χ2n) is 5.15. The maximum absolute atomic E-state index is 12.7. The van der Waals surface area contributed by atoms with E-state index >= 15 is 0 Å². The van der Waals surface area contributed by atoms with E-state index in [0.717, 1.165) is 12.3 Å². The van der Waals surface area contributed by atoms with Gasteiger partial charge in [0.15, 0.2) is 5.69 Å². The number of nitrogen functional groups attached to an aromatic ring is 2. The Balaban J connectivity index is 1.89. The first-order valence-corrected chi connectivity index (χ1v) is 7.29. The van der Waals surface area contributed by atoms with Crippen LogP contribution in [0.1, 0.15) is 11.3 Å². The Kier molecular flexibility index (Phi) is 4.47. The average molecular weight is 373 g/mol. The second kappa shape index (κ2) is 6.75. The molecule has 0 saturated carbocycles. The lowest BCUT2D eigenvalue weighted by atomic mass is 10.1. The smallest absolute Gasteiger partial charge is 0.424 e. The van der Waals surface area contributed by atoms with Crippen LogP contribution >= 0.6 is 0 Å². The van der Waals surface area contributed by atoms with Gasteiger partial charge in [0.05, 0.1) is 5.69 Å². The van der Waals surface area contributed by atoms with Gasteiger partial charge in [-0.1, -0.05) is 0 Å². The standard InChI is InChI=1S/C16H10F3N7O/c17-16(18,19)11-5-6-23-15(24-11)27-9-3-1-8(2-4-9)12-10(7-20)13(21)26-14(22)25-12/h1-6H,(H4,21,22,25,26). The predicted octanol–water partition coefficient (Wildman–Crippen LogP) is 2.78. The fourth-order valence-electron chi connectivity index (χ4n) is 2.15. The second-order valence-corrected chi connectivity index (χ2v) is 5.15. The van der Waals surface area contributed by atoms with Crippen molar-refractivity contribution in [3.8, 4) is 29.1 Å². The van der Waals surface area contributed by atoms with Crippen LogP contribution < -0.4 is 16.2 Å². The Labute approximate surface area is 150 Å². The van der Waals surface area contributed by atoms with Gasteiger partial charge in [-0.3, -0.25) is 0 Å². The minimum atomic E-state index is -4.61. The summed E-state index contributed by atoms with van der Waals surface area (Å²) in [6.45, 7) is 0. The Hall–Kier alpha value is -3.94. The molecule has 0 amide bonds. The van der Waals surface area contributed by atoms with Gasteiger partial charge >= 0.3 is 12.2 Å². The Morgan fingerprint density at radius 3 is 2.33 bits per heavy atom. The highest BCUT2D eigenvalue weighted by Gasteiger charge is 2.33. The maximum Gasteiger partial charge on any atom is 0.433 e. The van der Waals surface area contributed by atoms with Crippen LogP contribution in [0, 0.1) is 11.3 Å². The number of nitrogens with zero attached hydrogens (tertiary/aromatic N) is 5. The van der Waals surface area contributed by atoms with Gasteiger partial charge in [-0.2, -0.15) is 28.4 Å². The fraction of sp³-hybridized carbons (Fsp3) is 0.0625. The van der Waals surface area contributed by atoms with Crippen LogP contribution in [0.15, 0.2) is 36.5 Å². The van der Waals surface area contributed by atoms with E-state index in [-0.39, 0.29) is 28.8 Å². The van der Waals surface area contributed by atoms with Crippen LogP contribution in [0.5, 0.6) is 11.8 Å². The molecule has 0 radical (unpaired) electrons. The van der Waals surface area contributed by atoms with Gasteiger partial charge < -0.3 is 16.2 Å². The Morgan fingerprint density at radius 2 is 1.70 bits per heavy atom. The number of halogens is 3. The van der Waals surface area contributed by atoms with Crippen molar-refractivity contribution in [1.29, 1.82) is 5.26 Å². The van der Waals surface area contributed by atoms with Gasteiger partial charge in [0.25, 0.3) is 0 Å². The van der Waals surface area contributed by atoms with Gasteiger partial charge in [0.2, 0.25) is 5.95 Å². The largest absolute Gasteiger partial charge is 0.433 e. The van der Waals surface area contributed by atoms with Gasteiger partial charge in [0.1, 0.15) is 23.2 Å². The zero-order chi connectivity index (χ0) is 19.6. The molecule has 0 spiro atoms. The summed E-state index contributed by atoms with van der Waals surface area (Å²) < 4.78 is 43.3. The number of rotatable bonds is 3. The van der Waals surface area contributed by atoms with Crippen molar-refractivity contribution >= 4 is 11.8 Å². The third-order valence-electron chi connectivity index (χ3n) is 3.33. The molecule has 3 aromatic rings. The molecule has 1 aromatic carbocycles. The Morgan fingerprint density at radius 1 is 1.00 bits per heavy atom. The number of alkyl halides is 3. The van der Waals surface area contributed by atoms with Crippen molar-refractivity contribution in [1.82, 2.24) is 19.9 Å². The SMILES string of the molecule is N#Cc1c(N)nc(N)nc1-c1ccc(Oc2nccc(C(F)(F)F)n2)cc1. The summed E-state index contributed by atoms with van der Waals surface area (Å²) in [5.74, 6) is 0.0310. The highest BCUT2D eigenvalue weighted by molar-refractivity contribution is 5.73. The number of aromatic nitrogens is 4.